The maximum Gasteiger partial charge on any atom is 0.269 e. The number of rotatable bonds is 6. The summed E-state index contributed by atoms with van der Waals surface area (Å²) >= 11 is 0. The average molecular weight is 353 g/mol. The molecule has 2 heterocycles. The lowest BCUT2D eigenvalue weighted by molar-refractivity contribution is 0.0947. The number of carbonyl (C=O) groups is 1. The van der Waals surface area contributed by atoms with Crippen LogP contribution in [0, 0.1) is 6.92 Å². The Morgan fingerprint density at radius 1 is 1.31 bits per heavy atom. The van der Waals surface area contributed by atoms with Crippen molar-refractivity contribution in [3.8, 4) is 17.0 Å². The highest BCUT2D eigenvalue weighted by Crippen LogP contribution is 2.28. The summed E-state index contributed by atoms with van der Waals surface area (Å²) in [5.41, 5.74) is 2.26. The predicted octanol–water partition coefficient (Wildman–Crippen LogP) is 1.38. The third kappa shape index (κ3) is 3.80. The normalized spacial score (nSPS) is 10.5. The van der Waals surface area contributed by atoms with E-state index in [1.807, 2.05) is 24.3 Å². The molecule has 0 saturated heterocycles. The molecule has 0 fully saturated rings. The Kier molecular flexibility index (Phi) is 5.12. The average Bonchev–Trinajstić information content (AvgIpc) is 3.13. The van der Waals surface area contributed by atoms with Crippen molar-refractivity contribution in [2.45, 2.75) is 13.5 Å². The number of hydrogen-bond donors (Lipinski definition) is 2. The molecule has 8 nitrogen and oxygen atoms in total. The van der Waals surface area contributed by atoms with E-state index >= 15 is 0 Å². The monoisotopic (exact) mass is 353 g/mol. The minimum absolute atomic E-state index is 0.147. The van der Waals surface area contributed by atoms with Crippen LogP contribution in [0.25, 0.3) is 11.3 Å². The van der Waals surface area contributed by atoms with Crippen molar-refractivity contribution < 1.29 is 9.53 Å². The lowest BCUT2D eigenvalue weighted by atomic mass is 10.1. The number of benzene rings is 1. The van der Waals surface area contributed by atoms with Crippen LogP contribution in [-0.4, -0.2) is 39.3 Å². The molecule has 0 unspecified atom stereocenters. The van der Waals surface area contributed by atoms with Crippen molar-refractivity contribution in [3.05, 3.63) is 64.5 Å². The molecule has 0 saturated carbocycles. The summed E-state index contributed by atoms with van der Waals surface area (Å²) in [5.74, 6) is 0.379. The summed E-state index contributed by atoms with van der Waals surface area (Å²) in [6, 6.07) is 10.6. The van der Waals surface area contributed by atoms with Crippen molar-refractivity contribution in [1.29, 1.82) is 0 Å². The Bertz CT molecular complexity index is 977. The van der Waals surface area contributed by atoms with Crippen molar-refractivity contribution >= 4 is 5.91 Å². The van der Waals surface area contributed by atoms with Crippen LogP contribution in [0.2, 0.25) is 0 Å². The summed E-state index contributed by atoms with van der Waals surface area (Å²) in [5, 5.41) is 9.65. The van der Waals surface area contributed by atoms with Crippen molar-refractivity contribution in [2.75, 3.05) is 13.7 Å². The Hall–Kier alpha value is -3.42. The highest BCUT2D eigenvalue weighted by molar-refractivity contribution is 5.93. The molecule has 0 spiro atoms. The molecule has 0 bridgehead atoms. The van der Waals surface area contributed by atoms with Gasteiger partial charge in [0.05, 0.1) is 19.1 Å². The molecule has 3 aromatic rings. The topological polar surface area (TPSA) is 102 Å². The molecule has 134 valence electrons. The van der Waals surface area contributed by atoms with E-state index in [2.05, 4.69) is 20.5 Å². The van der Waals surface area contributed by atoms with Crippen molar-refractivity contribution in [2.24, 2.45) is 0 Å². The molecule has 2 aromatic heterocycles. The number of nitrogens with one attached hydrogen (secondary N) is 2. The summed E-state index contributed by atoms with van der Waals surface area (Å²) in [4.78, 5) is 28.1. The van der Waals surface area contributed by atoms with Gasteiger partial charge in [-0.3, -0.25) is 19.3 Å². The standard InChI is InChI=1S/C18H19N5O3/c1-12-9-17(24)23(11-20-12)8-7-19-18(25)15-10-14(21-22-15)13-5-3-4-6-16(13)26-2/h3-6,9-11H,7-8H2,1-2H3,(H,19,25)(H,21,22). The third-order valence-corrected chi connectivity index (χ3v) is 3.86. The SMILES string of the molecule is COc1ccccc1-c1cc(C(=O)NCCn2cnc(C)cc2=O)[nH]n1. The van der Waals surface area contributed by atoms with Gasteiger partial charge >= 0.3 is 0 Å². The molecule has 0 aliphatic heterocycles. The summed E-state index contributed by atoms with van der Waals surface area (Å²) < 4.78 is 6.76. The molecule has 3 rings (SSSR count). The van der Waals surface area contributed by atoms with E-state index in [1.54, 1.807) is 20.1 Å². The number of ether oxygens (including phenoxy) is 1. The summed E-state index contributed by atoms with van der Waals surface area (Å²) in [7, 11) is 1.58. The van der Waals surface area contributed by atoms with Gasteiger partial charge < -0.3 is 10.1 Å². The summed E-state index contributed by atoms with van der Waals surface area (Å²) in [6.45, 7) is 2.39. The number of carbonyl (C=O) groups excluding carboxylic acids is 1. The Morgan fingerprint density at radius 3 is 2.88 bits per heavy atom. The van der Waals surface area contributed by atoms with E-state index in [0.29, 0.717) is 35.9 Å². The molecule has 0 aliphatic carbocycles. The highest BCUT2D eigenvalue weighted by Gasteiger charge is 2.13. The van der Waals surface area contributed by atoms with E-state index < -0.39 is 0 Å². The number of methoxy groups -OCH3 is 1. The third-order valence-electron chi connectivity index (χ3n) is 3.86. The van der Waals surface area contributed by atoms with Crippen LogP contribution in [0.4, 0.5) is 0 Å². The first-order chi connectivity index (χ1) is 12.6. The molecule has 1 amide bonds. The van der Waals surface area contributed by atoms with E-state index in [4.69, 9.17) is 4.74 Å². The minimum atomic E-state index is -0.299. The highest BCUT2D eigenvalue weighted by atomic mass is 16.5. The number of nitrogens with zero attached hydrogens (tertiary/aromatic N) is 3. The van der Waals surface area contributed by atoms with Gasteiger partial charge in [0.1, 0.15) is 11.4 Å². The van der Waals surface area contributed by atoms with E-state index in [9.17, 15) is 9.59 Å². The van der Waals surface area contributed by atoms with Gasteiger partial charge in [0.25, 0.3) is 11.5 Å². The number of amides is 1. The molecular formula is C18H19N5O3. The molecular weight excluding hydrogens is 334 g/mol. The molecule has 0 aliphatic rings. The molecule has 8 heteroatoms. The largest absolute Gasteiger partial charge is 0.496 e. The fourth-order valence-electron chi connectivity index (χ4n) is 2.50. The molecule has 0 atom stereocenters. The van der Waals surface area contributed by atoms with Gasteiger partial charge in [-0.2, -0.15) is 5.10 Å². The van der Waals surface area contributed by atoms with Gasteiger partial charge in [-0.1, -0.05) is 12.1 Å². The first kappa shape index (κ1) is 17.4. The fourth-order valence-corrected chi connectivity index (χ4v) is 2.50. The smallest absolute Gasteiger partial charge is 0.269 e. The van der Waals surface area contributed by atoms with Gasteiger partial charge in [-0.05, 0) is 25.1 Å². The van der Waals surface area contributed by atoms with Crippen LogP contribution in [0.5, 0.6) is 5.75 Å². The van der Waals surface area contributed by atoms with Crippen LogP contribution in [0.15, 0.2) is 47.5 Å². The van der Waals surface area contributed by atoms with Gasteiger partial charge in [0.2, 0.25) is 0 Å². The maximum atomic E-state index is 12.3. The fraction of sp³-hybridized carbons (Fsp3) is 0.222. The van der Waals surface area contributed by atoms with Gasteiger partial charge in [0.15, 0.2) is 0 Å². The Labute approximate surface area is 149 Å². The van der Waals surface area contributed by atoms with Crippen LogP contribution >= 0.6 is 0 Å². The second-order valence-electron chi connectivity index (χ2n) is 5.68. The van der Waals surface area contributed by atoms with Crippen LogP contribution in [0.3, 0.4) is 0 Å². The number of para-hydroxylation sites is 1. The van der Waals surface area contributed by atoms with Crippen LogP contribution in [0.1, 0.15) is 16.2 Å². The van der Waals surface area contributed by atoms with Crippen molar-refractivity contribution in [1.82, 2.24) is 25.1 Å². The zero-order valence-electron chi connectivity index (χ0n) is 14.5. The number of H-pyrrole nitrogens is 1. The number of aromatic nitrogens is 4. The van der Waals surface area contributed by atoms with Crippen molar-refractivity contribution in [3.63, 3.8) is 0 Å². The van der Waals surface area contributed by atoms with Gasteiger partial charge in [-0.15, -0.1) is 0 Å². The first-order valence-electron chi connectivity index (χ1n) is 8.08. The van der Waals surface area contributed by atoms with Gasteiger partial charge in [-0.25, -0.2) is 4.98 Å². The van der Waals surface area contributed by atoms with E-state index in [0.717, 1.165) is 5.56 Å². The number of aryl methyl sites for hydroxylation is 1. The van der Waals surface area contributed by atoms with E-state index in [1.165, 1.54) is 17.0 Å². The Morgan fingerprint density at radius 2 is 2.12 bits per heavy atom. The lowest BCUT2D eigenvalue weighted by Crippen LogP contribution is -2.31. The predicted molar refractivity (Wildman–Crippen MR) is 96.1 cm³/mol. The second-order valence-corrected chi connectivity index (χ2v) is 5.68. The lowest BCUT2D eigenvalue weighted by Gasteiger charge is -2.06. The summed E-state index contributed by atoms with van der Waals surface area (Å²) in [6.07, 6.45) is 1.47. The second kappa shape index (κ2) is 7.64. The zero-order chi connectivity index (χ0) is 18.5. The number of aromatic amines is 1. The molecule has 26 heavy (non-hydrogen) atoms. The number of hydrogen-bond acceptors (Lipinski definition) is 5. The quantitative estimate of drug-likeness (QED) is 0.697. The maximum absolute atomic E-state index is 12.3. The van der Waals surface area contributed by atoms with Gasteiger partial charge in [0, 0.05) is 30.4 Å². The molecule has 1 aromatic carbocycles. The Balaban J connectivity index is 1.64. The first-order valence-corrected chi connectivity index (χ1v) is 8.08. The van der Waals surface area contributed by atoms with Crippen LogP contribution in [-0.2, 0) is 6.54 Å². The van der Waals surface area contributed by atoms with E-state index in [-0.39, 0.29) is 11.5 Å². The molecule has 0 radical (unpaired) electrons. The molecule has 2 N–H and O–H groups in total. The van der Waals surface area contributed by atoms with Crippen LogP contribution < -0.4 is 15.6 Å². The minimum Gasteiger partial charge on any atom is -0.496 e. The zero-order valence-corrected chi connectivity index (χ0v) is 14.5.